The second-order valence-corrected chi connectivity index (χ2v) is 12.3. The van der Waals surface area contributed by atoms with Gasteiger partial charge in [-0.25, -0.2) is 14.8 Å². The molecule has 2 aliphatic heterocycles. The van der Waals surface area contributed by atoms with Crippen LogP contribution in [0.5, 0.6) is 0 Å². The third-order valence-electron chi connectivity index (χ3n) is 6.65. The highest BCUT2D eigenvalue weighted by atomic mass is 35.5. The predicted molar refractivity (Wildman–Crippen MR) is 153 cm³/mol. The predicted octanol–water partition coefficient (Wildman–Crippen LogP) is 3.59. The van der Waals surface area contributed by atoms with Gasteiger partial charge in [-0.05, 0) is 33.3 Å². The van der Waals surface area contributed by atoms with Crippen molar-refractivity contribution < 1.29 is 9.59 Å². The molecule has 38 heavy (non-hydrogen) atoms. The van der Waals surface area contributed by atoms with Gasteiger partial charge < -0.3 is 20.0 Å². The lowest BCUT2D eigenvalue weighted by atomic mass is 10.1. The van der Waals surface area contributed by atoms with Crippen molar-refractivity contribution in [3.05, 3.63) is 47.1 Å². The van der Waals surface area contributed by atoms with Crippen LogP contribution >= 0.6 is 23.4 Å². The maximum absolute atomic E-state index is 12.9. The number of hydrogen-bond donors (Lipinski definition) is 1. The molecule has 2 fully saturated rings. The van der Waals surface area contributed by atoms with Gasteiger partial charge in [0.25, 0.3) is 0 Å². The highest BCUT2D eigenvalue weighted by molar-refractivity contribution is 7.99. The molecule has 206 valence electrons. The van der Waals surface area contributed by atoms with Crippen LogP contribution in [0.3, 0.4) is 0 Å². The van der Waals surface area contributed by atoms with Gasteiger partial charge in [-0.2, -0.15) is 0 Å². The average molecular weight is 560 g/mol. The Balaban J connectivity index is 1.27. The molecule has 1 N–H and O–H groups in total. The monoisotopic (exact) mass is 559 g/mol. The number of nitrogens with zero attached hydrogens (tertiary/aromatic N) is 6. The minimum atomic E-state index is -0.284. The number of hydrogen-bond acceptors (Lipinski definition) is 7. The van der Waals surface area contributed by atoms with Gasteiger partial charge in [0.1, 0.15) is 11.0 Å². The minimum absolute atomic E-state index is 0.0121. The topological polar surface area (TPSA) is 84.9 Å². The molecule has 2 saturated heterocycles. The van der Waals surface area contributed by atoms with E-state index in [0.717, 1.165) is 38.5 Å². The summed E-state index contributed by atoms with van der Waals surface area (Å²) in [6.45, 7) is 13.9. The van der Waals surface area contributed by atoms with Gasteiger partial charge in [0.2, 0.25) is 5.91 Å². The molecule has 0 aliphatic carbocycles. The van der Waals surface area contributed by atoms with Crippen LogP contribution in [0.1, 0.15) is 33.3 Å². The Morgan fingerprint density at radius 2 is 1.76 bits per heavy atom. The van der Waals surface area contributed by atoms with Crippen LogP contribution < -0.4 is 10.2 Å². The van der Waals surface area contributed by atoms with Gasteiger partial charge in [-0.3, -0.25) is 9.69 Å². The number of amides is 3. The fourth-order valence-electron chi connectivity index (χ4n) is 4.69. The molecule has 2 aromatic rings. The maximum atomic E-state index is 12.9. The van der Waals surface area contributed by atoms with Crippen molar-refractivity contribution in [3.8, 4) is 0 Å². The highest BCUT2D eigenvalue weighted by Crippen LogP contribution is 2.25. The smallest absolute Gasteiger partial charge is 0.318 e. The summed E-state index contributed by atoms with van der Waals surface area (Å²) in [5.74, 6) is 1.08. The Morgan fingerprint density at radius 3 is 2.42 bits per heavy atom. The minimum Gasteiger partial charge on any atom is -0.353 e. The number of anilines is 1. The fraction of sp³-hybridized carbons (Fsp3) is 0.556. The van der Waals surface area contributed by atoms with Crippen molar-refractivity contribution in [1.82, 2.24) is 30.0 Å². The molecule has 1 aromatic carbocycles. The fourth-order valence-corrected chi connectivity index (χ4v) is 5.67. The molecule has 0 bridgehead atoms. The largest absolute Gasteiger partial charge is 0.353 e. The van der Waals surface area contributed by atoms with Gasteiger partial charge in [0.15, 0.2) is 5.16 Å². The number of halogens is 1. The molecule has 11 heteroatoms. The van der Waals surface area contributed by atoms with E-state index in [0.29, 0.717) is 29.9 Å². The van der Waals surface area contributed by atoms with Crippen molar-refractivity contribution in [3.63, 3.8) is 0 Å². The van der Waals surface area contributed by atoms with Gasteiger partial charge >= 0.3 is 6.03 Å². The van der Waals surface area contributed by atoms with E-state index in [-0.39, 0.29) is 29.3 Å². The van der Waals surface area contributed by atoms with Crippen molar-refractivity contribution in [1.29, 1.82) is 0 Å². The van der Waals surface area contributed by atoms with Crippen LogP contribution in [0, 0.1) is 0 Å². The molecule has 0 spiro atoms. The molecule has 3 heterocycles. The van der Waals surface area contributed by atoms with E-state index >= 15 is 0 Å². The molecule has 9 nitrogen and oxygen atoms in total. The zero-order chi connectivity index (χ0) is 27.3. The quantitative estimate of drug-likeness (QED) is 0.329. The SMILES string of the molecule is C[C@@H]1CN(c2cc(Cl)nc(SCC(=O)N3CCN(Cc4ccccc4)CC3)n2)CCN1C(=O)NC(C)(C)C. The second kappa shape index (κ2) is 12.5. The van der Waals surface area contributed by atoms with E-state index in [9.17, 15) is 9.59 Å². The summed E-state index contributed by atoms with van der Waals surface area (Å²) in [7, 11) is 0. The van der Waals surface area contributed by atoms with Crippen molar-refractivity contribution in [2.24, 2.45) is 0 Å². The van der Waals surface area contributed by atoms with Gasteiger partial charge in [0, 0.05) is 70.0 Å². The van der Waals surface area contributed by atoms with Crippen LogP contribution in [0.2, 0.25) is 5.15 Å². The summed E-state index contributed by atoms with van der Waals surface area (Å²) >= 11 is 7.66. The molecule has 0 radical (unpaired) electrons. The first-order valence-corrected chi connectivity index (χ1v) is 14.5. The summed E-state index contributed by atoms with van der Waals surface area (Å²) in [4.78, 5) is 42.9. The van der Waals surface area contributed by atoms with E-state index in [1.807, 2.05) is 43.6 Å². The standard InChI is InChI=1S/C27H38ClN7O2S/c1-20-17-34(14-15-35(20)26(37)31-27(2,3)4)23-16-22(28)29-25(30-23)38-19-24(36)33-12-10-32(11-13-33)18-21-8-6-5-7-9-21/h5-9,16,20H,10-15,17-19H2,1-4H3,(H,31,37)/t20-/m1/s1. The first-order chi connectivity index (χ1) is 18.1. The molecule has 2 aliphatic rings. The normalized spacial score (nSPS) is 19.0. The second-order valence-electron chi connectivity index (χ2n) is 10.9. The summed E-state index contributed by atoms with van der Waals surface area (Å²) < 4.78 is 0. The molecule has 1 atom stereocenters. The van der Waals surface area contributed by atoms with E-state index in [2.05, 4.69) is 44.4 Å². The van der Waals surface area contributed by atoms with Crippen LogP contribution in [0.15, 0.2) is 41.6 Å². The van der Waals surface area contributed by atoms with Crippen LogP contribution in [0.25, 0.3) is 0 Å². The van der Waals surface area contributed by atoms with E-state index < -0.39 is 0 Å². The molecular weight excluding hydrogens is 522 g/mol. The number of aromatic nitrogens is 2. The summed E-state index contributed by atoms with van der Waals surface area (Å²) in [5, 5.41) is 3.88. The number of urea groups is 1. The van der Waals surface area contributed by atoms with Crippen molar-refractivity contribution >= 4 is 41.1 Å². The lowest BCUT2D eigenvalue weighted by Crippen LogP contribution is -2.59. The number of rotatable bonds is 6. The Morgan fingerprint density at radius 1 is 1.05 bits per heavy atom. The number of carbonyl (C=O) groups is 2. The van der Waals surface area contributed by atoms with E-state index in [1.54, 1.807) is 6.07 Å². The number of thioether (sulfide) groups is 1. The summed E-state index contributed by atoms with van der Waals surface area (Å²) in [5.41, 5.74) is 1.01. The molecular formula is C27H38ClN7O2S. The molecule has 3 amide bonds. The first kappa shape index (κ1) is 28.4. The Labute approximate surface area is 234 Å². The van der Waals surface area contributed by atoms with Crippen LogP contribution in [-0.2, 0) is 11.3 Å². The third kappa shape index (κ3) is 7.97. The van der Waals surface area contributed by atoms with Crippen molar-refractivity contribution in [2.45, 2.75) is 51.0 Å². The van der Waals surface area contributed by atoms with E-state index in [1.165, 1.54) is 17.3 Å². The number of carbonyl (C=O) groups excluding carboxylic acids is 2. The van der Waals surface area contributed by atoms with E-state index in [4.69, 9.17) is 16.6 Å². The Bertz CT molecular complexity index is 1110. The third-order valence-corrected chi connectivity index (χ3v) is 7.68. The molecule has 0 saturated carbocycles. The number of piperazine rings is 2. The average Bonchev–Trinajstić information content (AvgIpc) is 2.87. The Hall–Kier alpha value is -2.56. The summed E-state index contributed by atoms with van der Waals surface area (Å²) in [6, 6.07) is 12.1. The number of nitrogens with one attached hydrogen (secondary N) is 1. The zero-order valence-electron chi connectivity index (χ0n) is 22.7. The van der Waals surface area contributed by atoms with Crippen molar-refractivity contribution in [2.75, 3.05) is 56.5 Å². The molecule has 0 unspecified atom stereocenters. The molecule has 1 aromatic heterocycles. The lowest BCUT2D eigenvalue weighted by molar-refractivity contribution is -0.130. The lowest BCUT2D eigenvalue weighted by Gasteiger charge is -2.41. The Kier molecular flexibility index (Phi) is 9.38. The number of benzene rings is 1. The maximum Gasteiger partial charge on any atom is 0.318 e. The van der Waals surface area contributed by atoms with Crippen LogP contribution in [-0.4, -0.2) is 99.8 Å². The van der Waals surface area contributed by atoms with Crippen LogP contribution in [0.4, 0.5) is 10.6 Å². The molecule has 4 rings (SSSR count). The zero-order valence-corrected chi connectivity index (χ0v) is 24.3. The summed E-state index contributed by atoms with van der Waals surface area (Å²) in [6.07, 6.45) is 0. The van der Waals surface area contributed by atoms with Gasteiger partial charge in [0.05, 0.1) is 5.75 Å². The van der Waals surface area contributed by atoms with Gasteiger partial charge in [-0.1, -0.05) is 53.7 Å². The van der Waals surface area contributed by atoms with Gasteiger partial charge in [-0.15, -0.1) is 0 Å². The highest BCUT2D eigenvalue weighted by Gasteiger charge is 2.30. The first-order valence-electron chi connectivity index (χ1n) is 13.1.